The molecule has 1 heterocycles. The Morgan fingerprint density at radius 3 is 2.52 bits per heavy atom. The van der Waals surface area contributed by atoms with Crippen LogP contribution in [-0.4, -0.2) is 12.8 Å². The summed E-state index contributed by atoms with van der Waals surface area (Å²) < 4.78 is 2.30. The number of hydrogen-bond acceptors (Lipinski definition) is 3. The first kappa shape index (κ1) is 14.0. The predicted molar refractivity (Wildman–Crippen MR) is 99.6 cm³/mol. The molecule has 0 radical (unpaired) electrons. The average Bonchev–Trinajstić information content (AvgIpc) is 2.93. The van der Waals surface area contributed by atoms with E-state index in [0.717, 1.165) is 21.1 Å². The Bertz CT molecular complexity index is 1070. The molecule has 1 aromatic heterocycles. The smallest absolute Gasteiger partial charge is 0.258 e. The molecular weight excluding hydrogens is 305 g/mol. The summed E-state index contributed by atoms with van der Waals surface area (Å²) in [5.74, 6) is 0. The Kier molecular flexibility index (Phi) is 3.17. The monoisotopic (exact) mass is 317 g/mol. The van der Waals surface area contributed by atoms with Gasteiger partial charge in [0.15, 0.2) is 0 Å². The molecule has 23 heavy (non-hydrogen) atoms. The van der Waals surface area contributed by atoms with Crippen molar-refractivity contribution in [1.29, 1.82) is 0 Å². The molecule has 0 N–H and O–H groups in total. The summed E-state index contributed by atoms with van der Waals surface area (Å²) in [6, 6.07) is 19.7. The maximum atomic E-state index is 11.5. The van der Waals surface area contributed by atoms with E-state index in [4.69, 9.17) is 0 Å². The Labute approximate surface area is 137 Å². The van der Waals surface area contributed by atoms with Crippen molar-refractivity contribution in [3.8, 4) is 11.1 Å². The van der Waals surface area contributed by atoms with Crippen LogP contribution in [0.2, 0.25) is 0 Å². The average molecular weight is 317 g/mol. The fourth-order valence-electron chi connectivity index (χ4n) is 2.98. The van der Waals surface area contributed by atoms with Crippen LogP contribution in [0.5, 0.6) is 0 Å². The van der Waals surface area contributed by atoms with Crippen molar-refractivity contribution in [3.05, 3.63) is 70.8 Å². The molecule has 0 spiro atoms. The Morgan fingerprint density at radius 2 is 1.70 bits per heavy atom. The minimum absolute atomic E-state index is 0.162. The lowest BCUT2D eigenvalue weighted by molar-refractivity contribution is -0.384. The lowest BCUT2D eigenvalue weighted by Gasteiger charge is -2.06. The maximum Gasteiger partial charge on any atom is 0.276 e. The van der Waals surface area contributed by atoms with E-state index < -0.39 is 0 Å². The van der Waals surface area contributed by atoms with Gasteiger partial charge < -0.3 is 0 Å². The number of hydrogen-bond donors (Lipinski definition) is 0. The molecular formula is C18H12BNO2S. The Balaban J connectivity index is 2.09. The second-order valence-electron chi connectivity index (χ2n) is 5.56. The highest BCUT2D eigenvalue weighted by molar-refractivity contribution is 7.26. The first-order valence-corrected chi connectivity index (χ1v) is 8.12. The Morgan fingerprint density at radius 1 is 0.913 bits per heavy atom. The van der Waals surface area contributed by atoms with Crippen LogP contribution in [0.3, 0.4) is 0 Å². The van der Waals surface area contributed by atoms with E-state index in [2.05, 4.69) is 18.2 Å². The van der Waals surface area contributed by atoms with Gasteiger partial charge in [0.05, 0.1) is 10.5 Å². The Hall–Kier alpha value is -2.66. The van der Waals surface area contributed by atoms with Gasteiger partial charge in [0.2, 0.25) is 0 Å². The summed E-state index contributed by atoms with van der Waals surface area (Å²) in [4.78, 5) is 11.2. The second-order valence-corrected chi connectivity index (χ2v) is 6.61. The van der Waals surface area contributed by atoms with Gasteiger partial charge in [-0.2, -0.15) is 0 Å². The van der Waals surface area contributed by atoms with Gasteiger partial charge in [-0.25, -0.2) is 0 Å². The number of benzene rings is 3. The van der Waals surface area contributed by atoms with Gasteiger partial charge in [0.1, 0.15) is 7.85 Å². The van der Waals surface area contributed by atoms with Crippen LogP contribution in [0.4, 0.5) is 5.69 Å². The third-order valence-electron chi connectivity index (χ3n) is 4.04. The van der Waals surface area contributed by atoms with Gasteiger partial charge in [-0.15, -0.1) is 11.3 Å². The lowest BCUT2D eigenvalue weighted by atomic mass is 9.92. The summed E-state index contributed by atoms with van der Waals surface area (Å²) >= 11 is 1.69. The van der Waals surface area contributed by atoms with Gasteiger partial charge in [0.25, 0.3) is 5.69 Å². The van der Waals surface area contributed by atoms with E-state index in [-0.39, 0.29) is 10.6 Å². The zero-order valence-corrected chi connectivity index (χ0v) is 13.3. The minimum Gasteiger partial charge on any atom is -0.258 e. The van der Waals surface area contributed by atoms with Crippen molar-refractivity contribution in [3.63, 3.8) is 0 Å². The van der Waals surface area contributed by atoms with E-state index >= 15 is 0 Å². The largest absolute Gasteiger partial charge is 0.276 e. The molecule has 5 heteroatoms. The first-order valence-electron chi connectivity index (χ1n) is 7.31. The SMILES string of the molecule is Bc1ccc(-c2cccc3c2sc2ccccc23)c([N+](=O)[O-])c1. The van der Waals surface area contributed by atoms with Crippen LogP contribution < -0.4 is 5.46 Å². The topological polar surface area (TPSA) is 43.1 Å². The summed E-state index contributed by atoms with van der Waals surface area (Å²) in [5, 5.41) is 13.8. The van der Waals surface area contributed by atoms with E-state index in [9.17, 15) is 10.1 Å². The maximum absolute atomic E-state index is 11.5. The number of thiophene rings is 1. The van der Waals surface area contributed by atoms with E-state index in [1.807, 2.05) is 44.2 Å². The van der Waals surface area contributed by atoms with Crippen LogP contribution in [0.1, 0.15) is 0 Å². The molecule has 4 rings (SSSR count). The summed E-state index contributed by atoms with van der Waals surface area (Å²) in [5.41, 5.74) is 2.66. The summed E-state index contributed by atoms with van der Waals surface area (Å²) in [6.45, 7) is 0. The van der Waals surface area contributed by atoms with Crippen LogP contribution in [-0.2, 0) is 0 Å². The highest BCUT2D eigenvalue weighted by atomic mass is 32.1. The minimum atomic E-state index is -0.297. The molecule has 0 unspecified atom stereocenters. The highest BCUT2D eigenvalue weighted by Gasteiger charge is 2.18. The molecule has 0 aliphatic heterocycles. The summed E-state index contributed by atoms with van der Waals surface area (Å²) in [6.07, 6.45) is 0. The van der Waals surface area contributed by atoms with Crippen LogP contribution >= 0.6 is 11.3 Å². The molecule has 0 aliphatic rings. The van der Waals surface area contributed by atoms with E-state index in [1.54, 1.807) is 17.4 Å². The molecule has 0 atom stereocenters. The van der Waals surface area contributed by atoms with Crippen molar-refractivity contribution in [2.24, 2.45) is 0 Å². The molecule has 0 fully saturated rings. The van der Waals surface area contributed by atoms with Gasteiger partial charge in [0, 0.05) is 31.8 Å². The lowest BCUT2D eigenvalue weighted by Crippen LogP contribution is -2.04. The van der Waals surface area contributed by atoms with Crippen molar-refractivity contribution >= 4 is 50.5 Å². The number of rotatable bonds is 2. The first-order chi connectivity index (χ1) is 11.1. The molecule has 3 aromatic carbocycles. The zero-order valence-electron chi connectivity index (χ0n) is 12.4. The van der Waals surface area contributed by atoms with Crippen LogP contribution in [0.15, 0.2) is 60.7 Å². The summed E-state index contributed by atoms with van der Waals surface area (Å²) in [7, 11) is 1.87. The standard InChI is InChI=1S/C18H12BNO2S/c19-11-8-9-12(16(10-11)20(21)22)14-5-3-6-15-13-4-1-2-7-17(13)23-18(14)15/h1-10H,19H2. The van der Waals surface area contributed by atoms with E-state index in [1.165, 1.54) is 10.1 Å². The van der Waals surface area contributed by atoms with Crippen LogP contribution in [0, 0.1) is 10.1 Å². The molecule has 0 aliphatic carbocycles. The van der Waals surface area contributed by atoms with Crippen molar-refractivity contribution in [2.75, 3.05) is 0 Å². The zero-order chi connectivity index (χ0) is 16.0. The van der Waals surface area contributed by atoms with E-state index in [0.29, 0.717) is 5.56 Å². The van der Waals surface area contributed by atoms with Gasteiger partial charge in [-0.05, 0) is 12.1 Å². The second kappa shape index (κ2) is 5.21. The van der Waals surface area contributed by atoms with Gasteiger partial charge in [-0.1, -0.05) is 47.9 Å². The fourth-order valence-corrected chi connectivity index (χ4v) is 4.21. The number of nitro benzene ring substituents is 1. The molecule has 3 nitrogen and oxygen atoms in total. The quantitative estimate of drug-likeness (QED) is 0.320. The van der Waals surface area contributed by atoms with Crippen molar-refractivity contribution in [1.82, 2.24) is 0 Å². The predicted octanol–water partition coefficient (Wildman–Crippen LogP) is 3.89. The normalized spacial score (nSPS) is 11.1. The number of nitrogens with zero attached hydrogens (tertiary/aromatic N) is 1. The molecule has 0 bridgehead atoms. The fraction of sp³-hybridized carbons (Fsp3) is 0. The third kappa shape index (κ3) is 2.21. The van der Waals surface area contributed by atoms with Crippen LogP contribution in [0.25, 0.3) is 31.3 Å². The van der Waals surface area contributed by atoms with Gasteiger partial charge in [-0.3, -0.25) is 10.1 Å². The molecule has 0 saturated heterocycles. The van der Waals surface area contributed by atoms with Crippen molar-refractivity contribution in [2.45, 2.75) is 0 Å². The third-order valence-corrected chi connectivity index (χ3v) is 5.26. The molecule has 4 aromatic rings. The molecule has 0 saturated carbocycles. The molecule has 110 valence electrons. The highest BCUT2D eigenvalue weighted by Crippen LogP contribution is 2.41. The van der Waals surface area contributed by atoms with Gasteiger partial charge >= 0.3 is 0 Å². The van der Waals surface area contributed by atoms with Crippen molar-refractivity contribution < 1.29 is 4.92 Å². The molecule has 0 amide bonds. The number of fused-ring (bicyclic) bond motifs is 3. The number of nitro groups is 1.